The summed E-state index contributed by atoms with van der Waals surface area (Å²) in [6.07, 6.45) is 7.14. The summed E-state index contributed by atoms with van der Waals surface area (Å²) in [4.78, 5) is 29.9. The number of benzene rings is 1. The molecule has 36 heavy (non-hydrogen) atoms. The molecule has 0 N–H and O–H groups in total. The smallest absolute Gasteiger partial charge is 0.337 e. The van der Waals surface area contributed by atoms with Gasteiger partial charge in [0.1, 0.15) is 5.82 Å². The number of esters is 2. The number of aryl methyl sites for hydroxylation is 1. The molecule has 0 spiro atoms. The van der Waals surface area contributed by atoms with Gasteiger partial charge in [0.15, 0.2) is 0 Å². The maximum atomic E-state index is 12.5. The molecule has 3 rings (SSSR count). The lowest BCUT2D eigenvalue weighted by Crippen LogP contribution is -2.10. The number of rotatable bonds is 10. The molecule has 0 bridgehead atoms. The van der Waals surface area contributed by atoms with Gasteiger partial charge in [-0.2, -0.15) is 0 Å². The summed E-state index contributed by atoms with van der Waals surface area (Å²) in [5, 5.41) is 2.00. The second-order valence-corrected chi connectivity index (χ2v) is 8.43. The molecule has 196 valence electrons. The summed E-state index contributed by atoms with van der Waals surface area (Å²) in [6.45, 7) is 10.7. The van der Waals surface area contributed by atoms with Crippen molar-refractivity contribution in [2.75, 3.05) is 14.2 Å². The molecule has 0 amide bonds. The van der Waals surface area contributed by atoms with Crippen LogP contribution in [0.3, 0.4) is 0 Å². The highest BCUT2D eigenvalue weighted by molar-refractivity contribution is 7.09. The van der Waals surface area contributed by atoms with Crippen LogP contribution in [0.25, 0.3) is 6.08 Å². The molecule has 2 heterocycles. The van der Waals surface area contributed by atoms with Gasteiger partial charge in [-0.3, -0.25) is 0 Å². The first-order valence-electron chi connectivity index (χ1n) is 12.6. The van der Waals surface area contributed by atoms with Crippen molar-refractivity contribution in [3.8, 4) is 0 Å². The van der Waals surface area contributed by atoms with Gasteiger partial charge in [-0.25, -0.2) is 14.6 Å². The second-order valence-electron chi connectivity index (χ2n) is 7.39. The Balaban J connectivity index is 0.00000154. The second kappa shape index (κ2) is 17.3. The molecular formula is C29H40N2O4S. The number of hydrogen-bond acceptors (Lipinski definition) is 6. The molecule has 0 atom stereocenters. The summed E-state index contributed by atoms with van der Waals surface area (Å²) in [5.41, 5.74) is 2.97. The lowest BCUT2D eigenvalue weighted by atomic mass is 10.1. The topological polar surface area (TPSA) is 70.4 Å². The van der Waals surface area contributed by atoms with E-state index in [4.69, 9.17) is 9.47 Å². The highest BCUT2D eigenvalue weighted by Gasteiger charge is 2.15. The van der Waals surface area contributed by atoms with Crippen LogP contribution in [0.15, 0.2) is 53.5 Å². The summed E-state index contributed by atoms with van der Waals surface area (Å²) in [6, 6.07) is 11.3. The predicted molar refractivity (Wildman–Crippen MR) is 148 cm³/mol. The molecule has 1 aromatic carbocycles. The third kappa shape index (κ3) is 9.11. The lowest BCUT2D eigenvalue weighted by Gasteiger charge is -2.12. The van der Waals surface area contributed by atoms with Gasteiger partial charge >= 0.3 is 11.9 Å². The van der Waals surface area contributed by atoms with E-state index < -0.39 is 0 Å². The number of hydrogen-bond donors (Lipinski definition) is 0. The molecular weight excluding hydrogens is 472 g/mol. The number of ether oxygens (including phenoxy) is 2. The SMILES string of the molecule is CC.CC.CCCCc1ncc(/C=C(\Cc2cccs2)C(=O)OC)n1Cc1ccc(C(=O)OC)cc1. The van der Waals surface area contributed by atoms with Crippen molar-refractivity contribution in [3.63, 3.8) is 0 Å². The Morgan fingerprint density at radius 3 is 2.28 bits per heavy atom. The lowest BCUT2D eigenvalue weighted by molar-refractivity contribution is -0.136. The Hall–Kier alpha value is -3.19. The van der Waals surface area contributed by atoms with E-state index in [0.29, 0.717) is 24.1 Å². The first kappa shape index (κ1) is 30.8. The first-order chi connectivity index (χ1) is 17.5. The van der Waals surface area contributed by atoms with Gasteiger partial charge in [0, 0.05) is 29.8 Å². The van der Waals surface area contributed by atoms with Gasteiger partial charge in [-0.15, -0.1) is 11.3 Å². The highest BCUT2D eigenvalue weighted by Crippen LogP contribution is 2.20. The van der Waals surface area contributed by atoms with E-state index in [0.717, 1.165) is 41.2 Å². The fourth-order valence-corrected chi connectivity index (χ4v) is 4.13. The molecule has 7 heteroatoms. The maximum Gasteiger partial charge on any atom is 0.337 e. The summed E-state index contributed by atoms with van der Waals surface area (Å²) < 4.78 is 11.9. The van der Waals surface area contributed by atoms with Crippen molar-refractivity contribution < 1.29 is 19.1 Å². The Bertz CT molecular complexity index is 1070. The molecule has 0 aliphatic carbocycles. The van der Waals surface area contributed by atoms with Crippen molar-refractivity contribution in [1.82, 2.24) is 9.55 Å². The van der Waals surface area contributed by atoms with Gasteiger partial charge in [0.25, 0.3) is 0 Å². The molecule has 0 saturated carbocycles. The molecule has 0 aliphatic rings. The zero-order valence-corrected chi connectivity index (χ0v) is 23.5. The molecule has 6 nitrogen and oxygen atoms in total. The minimum absolute atomic E-state index is 0.344. The van der Waals surface area contributed by atoms with Crippen LogP contribution in [-0.2, 0) is 33.7 Å². The van der Waals surface area contributed by atoms with Crippen LogP contribution in [0.2, 0.25) is 0 Å². The van der Waals surface area contributed by atoms with Crippen LogP contribution in [-0.4, -0.2) is 35.7 Å². The molecule has 0 unspecified atom stereocenters. The Kier molecular flexibility index (Phi) is 14.8. The van der Waals surface area contributed by atoms with Gasteiger partial charge < -0.3 is 14.0 Å². The van der Waals surface area contributed by atoms with E-state index in [1.54, 1.807) is 23.5 Å². The van der Waals surface area contributed by atoms with Crippen molar-refractivity contribution >= 4 is 29.4 Å². The standard InChI is InChI=1S/C25H28N2O4S.2C2H6/c1-4-5-8-23-26-16-21(14-20(25(29)31-3)15-22-7-6-13-32-22)27(23)17-18-9-11-19(12-10-18)24(28)30-2;2*1-2/h6-7,9-14,16H,4-5,8,15,17H2,1-3H3;2*1-2H3/b20-14+;;. The third-order valence-electron chi connectivity index (χ3n) is 5.15. The number of imidazole rings is 1. The zero-order chi connectivity index (χ0) is 26.9. The largest absolute Gasteiger partial charge is 0.466 e. The van der Waals surface area contributed by atoms with E-state index in [2.05, 4.69) is 16.5 Å². The maximum absolute atomic E-state index is 12.5. The van der Waals surface area contributed by atoms with E-state index in [1.807, 2.05) is 69.6 Å². The number of carbonyl (C=O) groups is 2. The van der Waals surface area contributed by atoms with Crippen molar-refractivity contribution in [2.45, 2.75) is 66.8 Å². The Morgan fingerprint density at radius 2 is 1.72 bits per heavy atom. The van der Waals surface area contributed by atoms with Gasteiger partial charge in [-0.1, -0.05) is 59.2 Å². The van der Waals surface area contributed by atoms with E-state index in [-0.39, 0.29) is 11.9 Å². The quantitative estimate of drug-likeness (QED) is 0.217. The summed E-state index contributed by atoms with van der Waals surface area (Å²) >= 11 is 1.61. The van der Waals surface area contributed by atoms with Crippen LogP contribution < -0.4 is 0 Å². The average molecular weight is 513 g/mol. The number of carbonyl (C=O) groups excluding carboxylic acids is 2. The van der Waals surface area contributed by atoms with Crippen LogP contribution in [0.5, 0.6) is 0 Å². The van der Waals surface area contributed by atoms with Crippen molar-refractivity contribution in [3.05, 3.63) is 81.1 Å². The Labute approximate surface area is 220 Å². The van der Waals surface area contributed by atoms with E-state index in [1.165, 1.54) is 14.2 Å². The van der Waals surface area contributed by atoms with Crippen LogP contribution in [0.4, 0.5) is 0 Å². The number of methoxy groups -OCH3 is 2. The van der Waals surface area contributed by atoms with Crippen molar-refractivity contribution in [2.24, 2.45) is 0 Å². The minimum atomic E-state index is -0.359. The number of nitrogens with zero attached hydrogens (tertiary/aromatic N) is 2. The summed E-state index contributed by atoms with van der Waals surface area (Å²) in [5.74, 6) is 0.266. The third-order valence-corrected chi connectivity index (χ3v) is 6.03. The van der Waals surface area contributed by atoms with Gasteiger partial charge in [0.05, 0.1) is 31.7 Å². The van der Waals surface area contributed by atoms with Crippen LogP contribution in [0, 0.1) is 0 Å². The molecule has 0 aliphatic heterocycles. The number of thiophene rings is 1. The Morgan fingerprint density at radius 1 is 1.03 bits per heavy atom. The van der Waals surface area contributed by atoms with E-state index in [9.17, 15) is 9.59 Å². The minimum Gasteiger partial charge on any atom is -0.466 e. The fraction of sp³-hybridized carbons (Fsp3) is 0.414. The molecule has 0 radical (unpaired) electrons. The molecule has 2 aromatic heterocycles. The molecule has 0 fully saturated rings. The zero-order valence-electron chi connectivity index (χ0n) is 22.7. The fourth-order valence-electron chi connectivity index (χ4n) is 3.40. The summed E-state index contributed by atoms with van der Waals surface area (Å²) in [7, 11) is 2.77. The average Bonchev–Trinajstić information content (AvgIpc) is 3.59. The van der Waals surface area contributed by atoms with Crippen LogP contribution >= 0.6 is 11.3 Å². The van der Waals surface area contributed by atoms with Crippen molar-refractivity contribution in [1.29, 1.82) is 0 Å². The van der Waals surface area contributed by atoms with E-state index >= 15 is 0 Å². The van der Waals surface area contributed by atoms with Gasteiger partial charge in [0.2, 0.25) is 0 Å². The number of unbranched alkanes of at least 4 members (excludes halogenated alkanes) is 1. The predicted octanol–water partition coefficient (Wildman–Crippen LogP) is 6.97. The first-order valence-corrected chi connectivity index (χ1v) is 13.5. The monoisotopic (exact) mass is 512 g/mol. The normalized spacial score (nSPS) is 10.5. The molecule has 0 saturated heterocycles. The van der Waals surface area contributed by atoms with Crippen LogP contribution in [0.1, 0.15) is 79.8 Å². The number of aromatic nitrogens is 2. The molecule has 3 aromatic rings. The highest BCUT2D eigenvalue weighted by atomic mass is 32.1. The van der Waals surface area contributed by atoms with Gasteiger partial charge in [-0.05, 0) is 41.6 Å².